The second kappa shape index (κ2) is 8.39. The SMILES string of the molecule is CCC(NC(=O)COc1cc(C)ccc1C)c1ccc(OC)cc1. The van der Waals surface area contributed by atoms with Crippen LogP contribution in [0.25, 0.3) is 0 Å². The summed E-state index contributed by atoms with van der Waals surface area (Å²) in [6.45, 7) is 6.03. The summed E-state index contributed by atoms with van der Waals surface area (Å²) in [6, 6.07) is 13.7. The molecule has 4 nitrogen and oxygen atoms in total. The van der Waals surface area contributed by atoms with Crippen molar-refractivity contribution in [2.75, 3.05) is 13.7 Å². The fourth-order valence-electron chi connectivity index (χ4n) is 2.50. The van der Waals surface area contributed by atoms with Gasteiger partial charge in [0.2, 0.25) is 0 Å². The minimum absolute atomic E-state index is 0.0109. The molecule has 2 aromatic rings. The molecular formula is C20H25NO3. The molecule has 128 valence electrons. The number of nitrogens with one attached hydrogen (secondary N) is 1. The van der Waals surface area contributed by atoms with Gasteiger partial charge in [0.15, 0.2) is 6.61 Å². The minimum atomic E-state index is -0.126. The quantitative estimate of drug-likeness (QED) is 0.837. The molecule has 1 amide bonds. The number of amides is 1. The molecule has 0 aliphatic carbocycles. The van der Waals surface area contributed by atoms with Gasteiger partial charge in [0.25, 0.3) is 5.91 Å². The average molecular weight is 327 g/mol. The Morgan fingerprint density at radius 1 is 1.12 bits per heavy atom. The van der Waals surface area contributed by atoms with Crippen molar-refractivity contribution in [3.05, 3.63) is 59.2 Å². The molecule has 0 fully saturated rings. The van der Waals surface area contributed by atoms with Gasteiger partial charge in [0.05, 0.1) is 13.2 Å². The maximum atomic E-state index is 12.2. The van der Waals surface area contributed by atoms with Gasteiger partial charge in [0.1, 0.15) is 11.5 Å². The number of carbonyl (C=O) groups is 1. The van der Waals surface area contributed by atoms with Gasteiger partial charge in [-0.15, -0.1) is 0 Å². The summed E-state index contributed by atoms with van der Waals surface area (Å²) in [5, 5.41) is 3.02. The van der Waals surface area contributed by atoms with Gasteiger partial charge < -0.3 is 14.8 Å². The Morgan fingerprint density at radius 3 is 2.46 bits per heavy atom. The molecule has 0 saturated carbocycles. The third kappa shape index (κ3) is 4.75. The molecular weight excluding hydrogens is 302 g/mol. The van der Waals surface area contributed by atoms with E-state index in [0.717, 1.165) is 34.6 Å². The van der Waals surface area contributed by atoms with Crippen molar-refractivity contribution in [1.29, 1.82) is 0 Å². The van der Waals surface area contributed by atoms with Crippen molar-refractivity contribution in [2.24, 2.45) is 0 Å². The first-order valence-electron chi connectivity index (χ1n) is 8.16. The molecule has 0 radical (unpaired) electrons. The van der Waals surface area contributed by atoms with Gasteiger partial charge in [-0.3, -0.25) is 4.79 Å². The molecule has 0 heterocycles. The summed E-state index contributed by atoms with van der Waals surface area (Å²) in [6.07, 6.45) is 0.807. The normalized spacial score (nSPS) is 11.7. The predicted octanol–water partition coefficient (Wildman–Crippen LogP) is 3.96. The van der Waals surface area contributed by atoms with Crippen LogP contribution in [0.2, 0.25) is 0 Å². The Morgan fingerprint density at radius 2 is 1.83 bits per heavy atom. The summed E-state index contributed by atoms with van der Waals surface area (Å²) in [5.41, 5.74) is 3.19. The highest BCUT2D eigenvalue weighted by Gasteiger charge is 2.13. The lowest BCUT2D eigenvalue weighted by Gasteiger charge is -2.18. The number of rotatable bonds is 7. The van der Waals surface area contributed by atoms with Crippen LogP contribution in [-0.2, 0) is 4.79 Å². The molecule has 0 aliphatic rings. The van der Waals surface area contributed by atoms with Crippen LogP contribution < -0.4 is 14.8 Å². The van der Waals surface area contributed by atoms with Gasteiger partial charge >= 0.3 is 0 Å². The zero-order chi connectivity index (χ0) is 17.5. The van der Waals surface area contributed by atoms with E-state index < -0.39 is 0 Å². The van der Waals surface area contributed by atoms with Crippen LogP contribution in [0, 0.1) is 13.8 Å². The van der Waals surface area contributed by atoms with Crippen LogP contribution in [0.4, 0.5) is 0 Å². The summed E-state index contributed by atoms with van der Waals surface area (Å²) in [5.74, 6) is 1.43. The highest BCUT2D eigenvalue weighted by molar-refractivity contribution is 5.78. The van der Waals surface area contributed by atoms with Gasteiger partial charge in [-0.2, -0.15) is 0 Å². The standard InChI is InChI=1S/C20H25NO3/c1-5-18(16-8-10-17(23-4)11-9-16)21-20(22)13-24-19-12-14(2)6-7-15(19)3/h6-12,18H,5,13H2,1-4H3,(H,21,22). The molecule has 1 atom stereocenters. The molecule has 0 bridgehead atoms. The molecule has 4 heteroatoms. The number of methoxy groups -OCH3 is 1. The predicted molar refractivity (Wildman–Crippen MR) is 95.6 cm³/mol. The van der Waals surface area contributed by atoms with Crippen molar-refractivity contribution < 1.29 is 14.3 Å². The number of benzene rings is 2. The zero-order valence-electron chi connectivity index (χ0n) is 14.8. The van der Waals surface area contributed by atoms with Crippen molar-refractivity contribution in [3.8, 4) is 11.5 Å². The van der Waals surface area contributed by atoms with E-state index in [-0.39, 0.29) is 18.6 Å². The van der Waals surface area contributed by atoms with Gasteiger partial charge in [-0.1, -0.05) is 31.2 Å². The molecule has 0 aliphatic heterocycles. The third-order valence-electron chi connectivity index (χ3n) is 3.96. The van der Waals surface area contributed by atoms with E-state index in [4.69, 9.17) is 9.47 Å². The molecule has 0 saturated heterocycles. The molecule has 0 spiro atoms. The Hall–Kier alpha value is -2.49. The van der Waals surface area contributed by atoms with E-state index in [1.54, 1.807) is 7.11 Å². The second-order valence-electron chi connectivity index (χ2n) is 5.86. The monoisotopic (exact) mass is 327 g/mol. The highest BCUT2D eigenvalue weighted by atomic mass is 16.5. The average Bonchev–Trinajstić information content (AvgIpc) is 2.60. The summed E-state index contributed by atoms with van der Waals surface area (Å²) in [7, 11) is 1.64. The van der Waals surface area contributed by atoms with Crippen molar-refractivity contribution in [2.45, 2.75) is 33.2 Å². The van der Waals surface area contributed by atoms with Crippen LogP contribution in [0.15, 0.2) is 42.5 Å². The van der Waals surface area contributed by atoms with E-state index in [1.165, 1.54) is 0 Å². The number of aryl methyl sites for hydroxylation is 2. The maximum absolute atomic E-state index is 12.2. The Labute approximate surface area is 143 Å². The van der Waals surface area contributed by atoms with Crippen LogP contribution in [-0.4, -0.2) is 19.6 Å². The van der Waals surface area contributed by atoms with Crippen LogP contribution >= 0.6 is 0 Å². The first-order valence-corrected chi connectivity index (χ1v) is 8.16. The lowest BCUT2D eigenvalue weighted by molar-refractivity contribution is -0.123. The van der Waals surface area contributed by atoms with Crippen LogP contribution in [0.1, 0.15) is 36.1 Å². The van der Waals surface area contributed by atoms with Gasteiger partial charge in [-0.25, -0.2) is 0 Å². The summed E-state index contributed by atoms with van der Waals surface area (Å²) in [4.78, 5) is 12.2. The fourth-order valence-corrected chi connectivity index (χ4v) is 2.50. The van der Waals surface area contributed by atoms with Crippen LogP contribution in [0.5, 0.6) is 11.5 Å². The van der Waals surface area contributed by atoms with E-state index in [2.05, 4.69) is 5.32 Å². The van der Waals surface area contributed by atoms with Crippen LogP contribution in [0.3, 0.4) is 0 Å². The highest BCUT2D eigenvalue weighted by Crippen LogP contribution is 2.21. The molecule has 0 aromatic heterocycles. The Kier molecular flexibility index (Phi) is 6.24. The maximum Gasteiger partial charge on any atom is 0.258 e. The summed E-state index contributed by atoms with van der Waals surface area (Å²) < 4.78 is 10.8. The molecule has 2 aromatic carbocycles. The topological polar surface area (TPSA) is 47.6 Å². The van der Waals surface area contributed by atoms with E-state index in [9.17, 15) is 4.79 Å². The summed E-state index contributed by atoms with van der Waals surface area (Å²) >= 11 is 0. The largest absolute Gasteiger partial charge is 0.497 e. The number of ether oxygens (including phenoxy) is 2. The fraction of sp³-hybridized carbons (Fsp3) is 0.350. The minimum Gasteiger partial charge on any atom is -0.497 e. The van der Waals surface area contributed by atoms with E-state index in [0.29, 0.717) is 0 Å². The molecule has 1 N–H and O–H groups in total. The molecule has 24 heavy (non-hydrogen) atoms. The Balaban J connectivity index is 1.95. The zero-order valence-corrected chi connectivity index (χ0v) is 14.8. The number of hydrogen-bond acceptors (Lipinski definition) is 3. The smallest absolute Gasteiger partial charge is 0.258 e. The van der Waals surface area contributed by atoms with Gasteiger partial charge in [-0.05, 0) is 55.2 Å². The first kappa shape index (κ1) is 17.9. The third-order valence-corrected chi connectivity index (χ3v) is 3.96. The molecule has 2 rings (SSSR count). The number of carbonyl (C=O) groups excluding carboxylic acids is 1. The second-order valence-corrected chi connectivity index (χ2v) is 5.86. The lowest BCUT2D eigenvalue weighted by Crippen LogP contribution is -2.32. The van der Waals surface area contributed by atoms with E-state index in [1.807, 2.05) is 63.2 Å². The first-order chi connectivity index (χ1) is 11.5. The van der Waals surface area contributed by atoms with Gasteiger partial charge in [0, 0.05) is 0 Å². The van der Waals surface area contributed by atoms with Crippen molar-refractivity contribution in [1.82, 2.24) is 5.32 Å². The Bertz CT molecular complexity index is 680. The van der Waals surface area contributed by atoms with Crippen molar-refractivity contribution in [3.63, 3.8) is 0 Å². The van der Waals surface area contributed by atoms with Crippen molar-refractivity contribution >= 4 is 5.91 Å². The lowest BCUT2D eigenvalue weighted by atomic mass is 10.0. The molecule has 1 unspecified atom stereocenters. The van der Waals surface area contributed by atoms with E-state index >= 15 is 0 Å². The number of hydrogen-bond donors (Lipinski definition) is 1.